The highest BCUT2D eigenvalue weighted by molar-refractivity contribution is 6.30. The largest absolute Gasteiger partial charge is 0.483 e. The minimum atomic E-state index is -0.502. The number of primary amides is 1. The van der Waals surface area contributed by atoms with Crippen molar-refractivity contribution >= 4 is 17.5 Å². The van der Waals surface area contributed by atoms with Crippen LogP contribution in [-0.2, 0) is 16.1 Å². The second-order valence-electron chi connectivity index (χ2n) is 4.77. The van der Waals surface area contributed by atoms with E-state index in [4.69, 9.17) is 26.8 Å². The Kier molecular flexibility index (Phi) is 5.64. The van der Waals surface area contributed by atoms with Gasteiger partial charge in [-0.1, -0.05) is 11.6 Å². The van der Waals surface area contributed by atoms with Crippen LogP contribution in [0, 0.1) is 0 Å². The Morgan fingerprint density at radius 1 is 1.55 bits per heavy atom. The van der Waals surface area contributed by atoms with E-state index < -0.39 is 5.91 Å². The van der Waals surface area contributed by atoms with Gasteiger partial charge < -0.3 is 20.5 Å². The molecular formula is C14H19ClN2O3. The lowest BCUT2D eigenvalue weighted by molar-refractivity contribution is -0.119. The lowest BCUT2D eigenvalue weighted by Crippen LogP contribution is -2.26. The van der Waals surface area contributed by atoms with Crippen molar-refractivity contribution in [2.75, 3.05) is 19.8 Å². The number of nitrogens with two attached hydrogens (primary N) is 1. The molecule has 0 aliphatic carbocycles. The fourth-order valence-corrected chi connectivity index (χ4v) is 2.34. The van der Waals surface area contributed by atoms with Crippen LogP contribution in [0.25, 0.3) is 0 Å². The summed E-state index contributed by atoms with van der Waals surface area (Å²) in [7, 11) is 0. The lowest BCUT2D eigenvalue weighted by atomic mass is 10.2. The van der Waals surface area contributed by atoms with Gasteiger partial charge in [-0.2, -0.15) is 0 Å². The third-order valence-corrected chi connectivity index (χ3v) is 3.34. The molecule has 1 heterocycles. The average molecular weight is 299 g/mol. The van der Waals surface area contributed by atoms with E-state index in [9.17, 15) is 4.79 Å². The molecule has 0 bridgehead atoms. The van der Waals surface area contributed by atoms with Gasteiger partial charge in [-0.3, -0.25) is 4.79 Å². The number of ether oxygens (including phenoxy) is 2. The fraction of sp³-hybridized carbons (Fsp3) is 0.500. The minimum absolute atomic E-state index is 0.139. The molecule has 1 saturated heterocycles. The summed E-state index contributed by atoms with van der Waals surface area (Å²) in [6.45, 7) is 2.10. The van der Waals surface area contributed by atoms with Gasteiger partial charge in [0.2, 0.25) is 0 Å². The molecule has 6 heteroatoms. The van der Waals surface area contributed by atoms with E-state index in [0.29, 0.717) is 17.3 Å². The minimum Gasteiger partial charge on any atom is -0.483 e. The number of hydrogen-bond donors (Lipinski definition) is 2. The van der Waals surface area contributed by atoms with Crippen LogP contribution < -0.4 is 15.8 Å². The number of halogens is 1. The molecule has 0 saturated carbocycles. The molecule has 0 spiro atoms. The topological polar surface area (TPSA) is 73.6 Å². The molecule has 3 N–H and O–H groups in total. The van der Waals surface area contributed by atoms with E-state index in [0.717, 1.165) is 31.6 Å². The first kappa shape index (κ1) is 15.1. The van der Waals surface area contributed by atoms with Gasteiger partial charge in [0.25, 0.3) is 5.91 Å². The number of benzene rings is 1. The molecule has 1 unspecified atom stereocenters. The van der Waals surface area contributed by atoms with Crippen LogP contribution in [0.3, 0.4) is 0 Å². The number of carbonyl (C=O) groups excluding carboxylic acids is 1. The SMILES string of the molecule is NC(=O)COc1ccc(Cl)cc1CNCC1CCCO1. The van der Waals surface area contributed by atoms with Crippen LogP contribution in [0.1, 0.15) is 18.4 Å². The van der Waals surface area contributed by atoms with Crippen molar-refractivity contribution in [2.24, 2.45) is 5.73 Å². The Labute approximate surface area is 123 Å². The van der Waals surface area contributed by atoms with Gasteiger partial charge >= 0.3 is 0 Å². The van der Waals surface area contributed by atoms with Crippen molar-refractivity contribution in [1.82, 2.24) is 5.32 Å². The number of amides is 1. The standard InChI is InChI=1S/C14H19ClN2O3/c15-11-3-4-13(20-9-14(16)18)10(6-11)7-17-8-12-2-1-5-19-12/h3-4,6,12,17H,1-2,5,7-9H2,(H2,16,18). The Morgan fingerprint density at radius 3 is 3.10 bits per heavy atom. The van der Waals surface area contributed by atoms with Gasteiger partial charge in [0.1, 0.15) is 5.75 Å². The summed E-state index contributed by atoms with van der Waals surface area (Å²) >= 11 is 5.99. The smallest absolute Gasteiger partial charge is 0.255 e. The van der Waals surface area contributed by atoms with Gasteiger partial charge in [0.05, 0.1) is 6.10 Å². The van der Waals surface area contributed by atoms with Crippen molar-refractivity contribution in [2.45, 2.75) is 25.5 Å². The van der Waals surface area contributed by atoms with Crippen molar-refractivity contribution < 1.29 is 14.3 Å². The molecule has 0 aromatic heterocycles. The predicted molar refractivity (Wildman–Crippen MR) is 76.8 cm³/mol. The summed E-state index contributed by atoms with van der Waals surface area (Å²) in [6, 6.07) is 5.29. The maximum Gasteiger partial charge on any atom is 0.255 e. The van der Waals surface area contributed by atoms with E-state index in [2.05, 4.69) is 5.32 Å². The van der Waals surface area contributed by atoms with E-state index in [1.165, 1.54) is 0 Å². The Balaban J connectivity index is 1.90. The van der Waals surface area contributed by atoms with Crippen LogP contribution >= 0.6 is 11.6 Å². The average Bonchev–Trinajstić information content (AvgIpc) is 2.91. The zero-order chi connectivity index (χ0) is 14.4. The van der Waals surface area contributed by atoms with E-state index in [-0.39, 0.29) is 12.7 Å². The predicted octanol–water partition coefficient (Wildman–Crippen LogP) is 1.47. The monoisotopic (exact) mass is 298 g/mol. The van der Waals surface area contributed by atoms with Crippen molar-refractivity contribution in [3.8, 4) is 5.75 Å². The second kappa shape index (κ2) is 7.47. The first-order valence-corrected chi connectivity index (χ1v) is 7.05. The molecule has 1 fully saturated rings. The molecule has 1 aromatic rings. The van der Waals surface area contributed by atoms with Crippen LogP contribution in [-0.4, -0.2) is 31.8 Å². The molecule has 1 aliphatic rings. The maximum absolute atomic E-state index is 10.8. The lowest BCUT2D eigenvalue weighted by Gasteiger charge is -2.14. The Bertz CT molecular complexity index is 462. The summed E-state index contributed by atoms with van der Waals surface area (Å²) in [5, 5.41) is 3.95. The summed E-state index contributed by atoms with van der Waals surface area (Å²) in [6.07, 6.45) is 2.49. The second-order valence-corrected chi connectivity index (χ2v) is 5.21. The quantitative estimate of drug-likeness (QED) is 0.799. The van der Waals surface area contributed by atoms with Gasteiger partial charge in [-0.05, 0) is 31.0 Å². The normalized spacial score (nSPS) is 18.1. The van der Waals surface area contributed by atoms with Crippen molar-refractivity contribution in [1.29, 1.82) is 0 Å². The summed E-state index contributed by atoms with van der Waals surface area (Å²) in [5.74, 6) is 0.117. The molecule has 1 amide bonds. The Hall–Kier alpha value is -1.30. The molecule has 110 valence electrons. The van der Waals surface area contributed by atoms with Crippen LogP contribution in [0.5, 0.6) is 5.75 Å². The van der Waals surface area contributed by atoms with Crippen LogP contribution in [0.4, 0.5) is 0 Å². The number of nitrogens with one attached hydrogen (secondary N) is 1. The molecular weight excluding hydrogens is 280 g/mol. The molecule has 0 radical (unpaired) electrons. The van der Waals surface area contributed by atoms with Gasteiger partial charge in [0.15, 0.2) is 6.61 Å². The highest BCUT2D eigenvalue weighted by atomic mass is 35.5. The summed E-state index contributed by atoms with van der Waals surface area (Å²) in [5.41, 5.74) is 5.98. The number of carbonyl (C=O) groups is 1. The van der Waals surface area contributed by atoms with Gasteiger partial charge in [-0.25, -0.2) is 0 Å². The van der Waals surface area contributed by atoms with Crippen molar-refractivity contribution in [3.05, 3.63) is 28.8 Å². The van der Waals surface area contributed by atoms with Crippen molar-refractivity contribution in [3.63, 3.8) is 0 Å². The molecule has 5 nitrogen and oxygen atoms in total. The van der Waals surface area contributed by atoms with Crippen LogP contribution in [0.15, 0.2) is 18.2 Å². The van der Waals surface area contributed by atoms with E-state index in [1.54, 1.807) is 12.1 Å². The number of hydrogen-bond acceptors (Lipinski definition) is 4. The molecule has 1 atom stereocenters. The fourth-order valence-electron chi connectivity index (χ4n) is 2.15. The van der Waals surface area contributed by atoms with E-state index in [1.807, 2.05) is 6.07 Å². The zero-order valence-corrected chi connectivity index (χ0v) is 12.0. The first-order chi connectivity index (χ1) is 9.65. The molecule has 2 rings (SSSR count). The third kappa shape index (κ3) is 4.67. The molecule has 1 aliphatic heterocycles. The molecule has 1 aromatic carbocycles. The van der Waals surface area contributed by atoms with Crippen LogP contribution in [0.2, 0.25) is 5.02 Å². The van der Waals surface area contributed by atoms with Gasteiger partial charge in [-0.15, -0.1) is 0 Å². The first-order valence-electron chi connectivity index (χ1n) is 6.67. The highest BCUT2D eigenvalue weighted by Gasteiger charge is 2.15. The summed E-state index contributed by atoms with van der Waals surface area (Å²) in [4.78, 5) is 10.8. The third-order valence-electron chi connectivity index (χ3n) is 3.10. The summed E-state index contributed by atoms with van der Waals surface area (Å²) < 4.78 is 10.9. The van der Waals surface area contributed by atoms with E-state index >= 15 is 0 Å². The number of rotatable bonds is 7. The molecule has 20 heavy (non-hydrogen) atoms. The maximum atomic E-state index is 10.8. The Morgan fingerprint density at radius 2 is 2.40 bits per heavy atom. The highest BCUT2D eigenvalue weighted by Crippen LogP contribution is 2.23. The zero-order valence-electron chi connectivity index (χ0n) is 11.2. The van der Waals surface area contributed by atoms with Gasteiger partial charge in [0, 0.05) is 30.3 Å².